The van der Waals surface area contributed by atoms with Crippen molar-refractivity contribution in [3.8, 4) is 11.4 Å². The summed E-state index contributed by atoms with van der Waals surface area (Å²) in [6.45, 7) is 4.49. The number of rotatable bonds is 5. The molecule has 2 aromatic carbocycles. The first-order chi connectivity index (χ1) is 12.6. The Bertz CT molecular complexity index is 918. The van der Waals surface area contributed by atoms with Crippen LogP contribution < -0.4 is 15.8 Å². The minimum atomic E-state index is 0. The first-order valence-electron chi connectivity index (χ1n) is 8.39. The van der Waals surface area contributed by atoms with Gasteiger partial charge in [-0.2, -0.15) is 5.10 Å². The van der Waals surface area contributed by atoms with Crippen LogP contribution in [-0.2, 0) is 6.54 Å². The zero-order valence-corrected chi connectivity index (χ0v) is 18.0. The van der Waals surface area contributed by atoms with Crippen molar-refractivity contribution >= 4 is 35.6 Å². The van der Waals surface area contributed by atoms with E-state index in [4.69, 9.17) is 10.5 Å². The first kappa shape index (κ1) is 20.8. The predicted molar refractivity (Wildman–Crippen MR) is 120 cm³/mol. The third-order valence-corrected chi connectivity index (χ3v) is 4.01. The number of methoxy groups -OCH3 is 1. The van der Waals surface area contributed by atoms with Crippen LogP contribution in [0.25, 0.3) is 5.69 Å². The van der Waals surface area contributed by atoms with E-state index in [1.807, 2.05) is 67.1 Å². The Balaban J connectivity index is 0.00000261. The highest BCUT2D eigenvalue weighted by molar-refractivity contribution is 14.0. The van der Waals surface area contributed by atoms with Crippen LogP contribution in [0.3, 0.4) is 0 Å². The van der Waals surface area contributed by atoms with E-state index in [2.05, 4.69) is 21.5 Å². The topological polar surface area (TPSA) is 77.5 Å². The molecule has 0 aliphatic rings. The normalized spacial score (nSPS) is 11.0. The number of para-hydroxylation sites is 1. The molecule has 0 spiro atoms. The number of hydrogen-bond donors (Lipinski definition) is 2. The van der Waals surface area contributed by atoms with Gasteiger partial charge in [-0.3, -0.25) is 0 Å². The molecule has 0 aliphatic heterocycles. The maximum absolute atomic E-state index is 6.03. The zero-order valence-electron chi connectivity index (χ0n) is 15.6. The van der Waals surface area contributed by atoms with Crippen LogP contribution in [0, 0.1) is 13.8 Å². The quantitative estimate of drug-likeness (QED) is 0.331. The minimum Gasteiger partial charge on any atom is -0.497 e. The van der Waals surface area contributed by atoms with Crippen LogP contribution in [0.1, 0.15) is 17.0 Å². The van der Waals surface area contributed by atoms with E-state index < -0.39 is 0 Å². The van der Waals surface area contributed by atoms with Crippen LogP contribution in [0.4, 0.5) is 5.69 Å². The number of aromatic nitrogens is 2. The van der Waals surface area contributed by atoms with Crippen molar-refractivity contribution in [3.63, 3.8) is 0 Å². The van der Waals surface area contributed by atoms with Crippen LogP contribution >= 0.6 is 24.0 Å². The van der Waals surface area contributed by atoms with Gasteiger partial charge in [0.1, 0.15) is 5.75 Å². The lowest BCUT2D eigenvalue weighted by Gasteiger charge is -2.11. The SMILES string of the molecule is COc1ccc(NC(N)=NCc2ccccc2-n2nc(C)cc2C)cc1.I. The van der Waals surface area contributed by atoms with Gasteiger partial charge in [0, 0.05) is 11.4 Å². The summed E-state index contributed by atoms with van der Waals surface area (Å²) in [6, 6.07) is 17.6. The maximum Gasteiger partial charge on any atom is 0.193 e. The standard InChI is InChI=1S/C20H23N5O.HI/c1-14-12-15(2)25(24-14)19-7-5-4-6-16(19)13-22-20(21)23-17-8-10-18(26-3)11-9-17;/h4-12H,13H2,1-3H3,(H3,21,22,23);1H. The number of ether oxygens (including phenoxy) is 1. The Kier molecular flexibility index (Phi) is 7.23. The van der Waals surface area contributed by atoms with E-state index in [-0.39, 0.29) is 24.0 Å². The highest BCUT2D eigenvalue weighted by Crippen LogP contribution is 2.18. The van der Waals surface area contributed by atoms with Gasteiger partial charge < -0.3 is 15.8 Å². The van der Waals surface area contributed by atoms with Gasteiger partial charge in [0.2, 0.25) is 0 Å². The molecule has 3 rings (SSSR count). The Hall–Kier alpha value is -2.55. The Morgan fingerprint density at radius 3 is 2.48 bits per heavy atom. The lowest BCUT2D eigenvalue weighted by atomic mass is 10.2. The average Bonchev–Trinajstić information content (AvgIpc) is 2.99. The summed E-state index contributed by atoms with van der Waals surface area (Å²) in [6.07, 6.45) is 0. The van der Waals surface area contributed by atoms with Gasteiger partial charge in [0.15, 0.2) is 5.96 Å². The lowest BCUT2D eigenvalue weighted by molar-refractivity contribution is 0.415. The Morgan fingerprint density at radius 1 is 1.15 bits per heavy atom. The number of benzene rings is 2. The molecule has 142 valence electrons. The summed E-state index contributed by atoms with van der Waals surface area (Å²) in [5, 5.41) is 7.65. The highest BCUT2D eigenvalue weighted by Gasteiger charge is 2.08. The second-order valence-corrected chi connectivity index (χ2v) is 6.02. The molecule has 7 heteroatoms. The summed E-state index contributed by atoms with van der Waals surface area (Å²) < 4.78 is 7.09. The second kappa shape index (κ2) is 9.40. The number of anilines is 1. The monoisotopic (exact) mass is 477 g/mol. The molecule has 0 atom stereocenters. The van der Waals surface area contributed by atoms with E-state index in [1.54, 1.807) is 7.11 Å². The first-order valence-corrected chi connectivity index (χ1v) is 8.39. The number of nitrogens with one attached hydrogen (secondary N) is 1. The molecular weight excluding hydrogens is 453 g/mol. The van der Waals surface area contributed by atoms with Crippen molar-refractivity contribution in [2.75, 3.05) is 12.4 Å². The third-order valence-electron chi connectivity index (χ3n) is 4.01. The number of aryl methyl sites for hydroxylation is 2. The second-order valence-electron chi connectivity index (χ2n) is 6.02. The van der Waals surface area contributed by atoms with Gasteiger partial charge in [-0.1, -0.05) is 18.2 Å². The molecule has 0 radical (unpaired) electrons. The van der Waals surface area contributed by atoms with Gasteiger partial charge in [-0.25, -0.2) is 9.67 Å². The summed E-state index contributed by atoms with van der Waals surface area (Å²) in [4.78, 5) is 4.47. The zero-order chi connectivity index (χ0) is 18.5. The Morgan fingerprint density at radius 2 is 1.85 bits per heavy atom. The number of nitrogens with zero attached hydrogens (tertiary/aromatic N) is 3. The fraction of sp³-hybridized carbons (Fsp3) is 0.200. The Labute approximate surface area is 176 Å². The summed E-state index contributed by atoms with van der Waals surface area (Å²) in [5.41, 5.74) is 11.0. The molecule has 3 aromatic rings. The van der Waals surface area contributed by atoms with Crippen LogP contribution in [-0.4, -0.2) is 22.8 Å². The van der Waals surface area contributed by atoms with E-state index in [0.717, 1.165) is 34.1 Å². The molecule has 6 nitrogen and oxygen atoms in total. The van der Waals surface area contributed by atoms with Crippen molar-refractivity contribution in [1.82, 2.24) is 9.78 Å². The average molecular weight is 477 g/mol. The molecule has 0 saturated heterocycles. The molecule has 0 fully saturated rings. The lowest BCUT2D eigenvalue weighted by Crippen LogP contribution is -2.22. The number of guanidine groups is 1. The van der Waals surface area contributed by atoms with Gasteiger partial charge in [0.05, 0.1) is 25.0 Å². The number of hydrogen-bond acceptors (Lipinski definition) is 3. The van der Waals surface area contributed by atoms with E-state index in [0.29, 0.717) is 12.5 Å². The fourth-order valence-electron chi connectivity index (χ4n) is 2.76. The van der Waals surface area contributed by atoms with E-state index in [9.17, 15) is 0 Å². The number of halogens is 1. The van der Waals surface area contributed by atoms with Gasteiger partial charge in [0.25, 0.3) is 0 Å². The molecular formula is C20H24IN5O. The summed E-state index contributed by atoms with van der Waals surface area (Å²) >= 11 is 0. The molecule has 0 aliphatic carbocycles. The molecule has 0 bridgehead atoms. The molecule has 1 aromatic heterocycles. The smallest absolute Gasteiger partial charge is 0.193 e. The van der Waals surface area contributed by atoms with Crippen molar-refractivity contribution in [3.05, 3.63) is 71.5 Å². The fourth-order valence-corrected chi connectivity index (χ4v) is 2.76. The third kappa shape index (κ3) is 5.22. The summed E-state index contributed by atoms with van der Waals surface area (Å²) in [5.74, 6) is 1.16. The van der Waals surface area contributed by atoms with Crippen LogP contribution in [0.15, 0.2) is 59.6 Å². The van der Waals surface area contributed by atoms with Gasteiger partial charge >= 0.3 is 0 Å². The van der Waals surface area contributed by atoms with Crippen LogP contribution in [0.2, 0.25) is 0 Å². The summed E-state index contributed by atoms with van der Waals surface area (Å²) in [7, 11) is 1.64. The van der Waals surface area contributed by atoms with Crippen molar-refractivity contribution in [2.45, 2.75) is 20.4 Å². The molecule has 0 amide bonds. The van der Waals surface area contributed by atoms with Crippen molar-refractivity contribution in [2.24, 2.45) is 10.7 Å². The van der Waals surface area contributed by atoms with Crippen molar-refractivity contribution < 1.29 is 4.74 Å². The van der Waals surface area contributed by atoms with Gasteiger partial charge in [-0.15, -0.1) is 24.0 Å². The van der Waals surface area contributed by atoms with Crippen LogP contribution in [0.5, 0.6) is 5.75 Å². The minimum absolute atomic E-state index is 0. The molecule has 1 heterocycles. The maximum atomic E-state index is 6.03. The van der Waals surface area contributed by atoms with E-state index in [1.165, 1.54) is 0 Å². The largest absolute Gasteiger partial charge is 0.497 e. The molecule has 27 heavy (non-hydrogen) atoms. The predicted octanol–water partition coefficient (Wildman–Crippen LogP) is 4.04. The van der Waals surface area contributed by atoms with E-state index >= 15 is 0 Å². The highest BCUT2D eigenvalue weighted by atomic mass is 127. The van der Waals surface area contributed by atoms with Crippen molar-refractivity contribution in [1.29, 1.82) is 0 Å². The molecule has 0 unspecified atom stereocenters. The number of nitrogens with two attached hydrogens (primary N) is 1. The number of aliphatic imine (C=N–C) groups is 1. The molecule has 3 N–H and O–H groups in total. The van der Waals surface area contributed by atoms with Gasteiger partial charge in [-0.05, 0) is 55.8 Å². The molecule has 0 saturated carbocycles.